The van der Waals surface area contributed by atoms with Gasteiger partial charge in [0.15, 0.2) is 0 Å². The number of nitrogens with one attached hydrogen (secondary N) is 1. The molecule has 1 atom stereocenters. The fourth-order valence-corrected chi connectivity index (χ4v) is 0.981. The molecule has 0 aromatic heterocycles. The van der Waals surface area contributed by atoms with Crippen LogP contribution in [0.2, 0.25) is 0 Å². The predicted molar refractivity (Wildman–Crippen MR) is 58.7 cm³/mol. The van der Waals surface area contributed by atoms with Gasteiger partial charge in [0.25, 0.3) is 0 Å². The van der Waals surface area contributed by atoms with Crippen LogP contribution in [0.25, 0.3) is 0 Å². The lowest BCUT2D eigenvalue weighted by atomic mass is 10.2. The minimum Gasteiger partial charge on any atom is -0.444 e. The molecular formula is C10H22N2O3. The van der Waals surface area contributed by atoms with Crippen molar-refractivity contribution in [2.75, 3.05) is 20.2 Å². The quantitative estimate of drug-likeness (QED) is 0.718. The Morgan fingerprint density at radius 3 is 2.47 bits per heavy atom. The van der Waals surface area contributed by atoms with Crippen LogP contribution >= 0.6 is 0 Å². The van der Waals surface area contributed by atoms with E-state index in [-0.39, 0.29) is 6.10 Å². The number of alkyl carbamates (subject to hydrolysis) is 1. The molecule has 1 unspecified atom stereocenters. The second-order valence-corrected chi connectivity index (χ2v) is 4.31. The van der Waals surface area contributed by atoms with Crippen molar-refractivity contribution in [3.05, 3.63) is 0 Å². The summed E-state index contributed by atoms with van der Waals surface area (Å²) in [7, 11) is 1.60. The Morgan fingerprint density at radius 1 is 1.47 bits per heavy atom. The van der Waals surface area contributed by atoms with Crippen molar-refractivity contribution >= 4 is 6.09 Å². The molecule has 0 aliphatic carbocycles. The van der Waals surface area contributed by atoms with E-state index in [9.17, 15) is 4.79 Å². The van der Waals surface area contributed by atoms with Gasteiger partial charge in [0.05, 0.1) is 6.10 Å². The number of hydrogen-bond donors (Lipinski definition) is 2. The highest BCUT2D eigenvalue weighted by atomic mass is 16.6. The highest BCUT2D eigenvalue weighted by Crippen LogP contribution is 2.06. The average molecular weight is 218 g/mol. The molecular weight excluding hydrogens is 196 g/mol. The molecule has 3 N–H and O–H groups in total. The molecule has 0 spiro atoms. The van der Waals surface area contributed by atoms with E-state index >= 15 is 0 Å². The van der Waals surface area contributed by atoms with Crippen molar-refractivity contribution in [1.82, 2.24) is 5.32 Å². The van der Waals surface area contributed by atoms with Crippen LogP contribution in [0.5, 0.6) is 0 Å². The topological polar surface area (TPSA) is 73.6 Å². The summed E-state index contributed by atoms with van der Waals surface area (Å²) in [6, 6.07) is 0. The van der Waals surface area contributed by atoms with Crippen LogP contribution in [-0.2, 0) is 9.47 Å². The molecule has 0 radical (unpaired) electrons. The van der Waals surface area contributed by atoms with Gasteiger partial charge >= 0.3 is 6.09 Å². The minimum absolute atomic E-state index is 0.0139. The molecule has 0 aromatic carbocycles. The molecule has 1 amide bonds. The fraction of sp³-hybridized carbons (Fsp3) is 0.900. The smallest absolute Gasteiger partial charge is 0.407 e. The van der Waals surface area contributed by atoms with Gasteiger partial charge in [-0.05, 0) is 27.2 Å². The van der Waals surface area contributed by atoms with Gasteiger partial charge in [-0.25, -0.2) is 4.79 Å². The van der Waals surface area contributed by atoms with Gasteiger partial charge in [-0.2, -0.15) is 0 Å². The Kier molecular flexibility index (Phi) is 6.27. The molecule has 15 heavy (non-hydrogen) atoms. The van der Waals surface area contributed by atoms with E-state index in [1.165, 1.54) is 0 Å². The molecule has 90 valence electrons. The lowest BCUT2D eigenvalue weighted by Crippen LogP contribution is -2.35. The standard InChI is InChI=1S/C10H22N2O3/c1-10(2,3)15-9(13)12-6-5-8(7-11)14-4/h8H,5-7,11H2,1-4H3,(H,12,13). The van der Waals surface area contributed by atoms with Gasteiger partial charge in [-0.1, -0.05) is 0 Å². The maximum absolute atomic E-state index is 11.2. The van der Waals surface area contributed by atoms with E-state index in [0.29, 0.717) is 19.5 Å². The molecule has 0 saturated carbocycles. The summed E-state index contributed by atoms with van der Waals surface area (Å²) in [5.74, 6) is 0. The molecule has 0 bridgehead atoms. The van der Waals surface area contributed by atoms with Crippen LogP contribution in [0.3, 0.4) is 0 Å². The van der Waals surface area contributed by atoms with Crippen LogP contribution in [0, 0.1) is 0 Å². The monoisotopic (exact) mass is 218 g/mol. The van der Waals surface area contributed by atoms with Crippen LogP contribution in [-0.4, -0.2) is 38.0 Å². The van der Waals surface area contributed by atoms with E-state index in [1.807, 2.05) is 20.8 Å². The zero-order valence-electron chi connectivity index (χ0n) is 10.0. The number of ether oxygens (including phenoxy) is 2. The van der Waals surface area contributed by atoms with Gasteiger partial charge in [0.2, 0.25) is 0 Å². The maximum atomic E-state index is 11.2. The van der Waals surface area contributed by atoms with Gasteiger partial charge in [-0.15, -0.1) is 0 Å². The van der Waals surface area contributed by atoms with Crippen molar-refractivity contribution in [3.8, 4) is 0 Å². The predicted octanol–water partition coefficient (Wildman–Crippen LogP) is 0.875. The van der Waals surface area contributed by atoms with Gasteiger partial charge in [0, 0.05) is 20.2 Å². The Hall–Kier alpha value is -0.810. The third-order valence-corrected chi connectivity index (χ3v) is 1.73. The molecule has 0 aliphatic heterocycles. The third kappa shape index (κ3) is 8.20. The molecule has 0 aromatic rings. The number of rotatable bonds is 5. The number of amides is 1. The number of carbonyl (C=O) groups is 1. The summed E-state index contributed by atoms with van der Waals surface area (Å²) in [6.45, 7) is 6.43. The second-order valence-electron chi connectivity index (χ2n) is 4.31. The summed E-state index contributed by atoms with van der Waals surface area (Å²) in [5, 5.41) is 2.64. The SMILES string of the molecule is COC(CN)CCNC(=O)OC(C)(C)C. The van der Waals surface area contributed by atoms with Gasteiger partial charge in [-0.3, -0.25) is 0 Å². The number of hydrogen-bond acceptors (Lipinski definition) is 4. The van der Waals surface area contributed by atoms with E-state index in [4.69, 9.17) is 15.2 Å². The largest absolute Gasteiger partial charge is 0.444 e. The number of methoxy groups -OCH3 is 1. The van der Waals surface area contributed by atoms with Crippen molar-refractivity contribution < 1.29 is 14.3 Å². The van der Waals surface area contributed by atoms with Crippen molar-refractivity contribution in [2.45, 2.75) is 38.9 Å². The number of nitrogens with two attached hydrogens (primary N) is 1. The van der Waals surface area contributed by atoms with Crippen LogP contribution < -0.4 is 11.1 Å². The van der Waals surface area contributed by atoms with Crippen LogP contribution in [0.4, 0.5) is 4.79 Å². The average Bonchev–Trinajstić information content (AvgIpc) is 2.09. The molecule has 0 rings (SSSR count). The van der Waals surface area contributed by atoms with Gasteiger partial charge < -0.3 is 20.5 Å². The normalized spacial score (nSPS) is 13.4. The molecule has 0 saturated heterocycles. The fourth-order valence-electron chi connectivity index (χ4n) is 0.981. The third-order valence-electron chi connectivity index (χ3n) is 1.73. The molecule has 0 aliphatic rings. The number of carbonyl (C=O) groups excluding carboxylic acids is 1. The summed E-state index contributed by atoms with van der Waals surface area (Å²) >= 11 is 0. The first-order chi connectivity index (χ1) is 6.89. The highest BCUT2D eigenvalue weighted by Gasteiger charge is 2.15. The van der Waals surface area contributed by atoms with Crippen LogP contribution in [0.15, 0.2) is 0 Å². The van der Waals surface area contributed by atoms with E-state index in [1.54, 1.807) is 7.11 Å². The first-order valence-corrected chi connectivity index (χ1v) is 5.08. The molecule has 0 heterocycles. The zero-order chi connectivity index (χ0) is 11.9. The van der Waals surface area contributed by atoms with Crippen molar-refractivity contribution in [2.24, 2.45) is 5.73 Å². The molecule has 5 heteroatoms. The lowest BCUT2D eigenvalue weighted by molar-refractivity contribution is 0.0508. The summed E-state index contributed by atoms with van der Waals surface area (Å²) in [5.41, 5.74) is 4.97. The van der Waals surface area contributed by atoms with E-state index < -0.39 is 11.7 Å². The highest BCUT2D eigenvalue weighted by molar-refractivity contribution is 5.67. The molecule has 0 fully saturated rings. The minimum atomic E-state index is -0.460. The first kappa shape index (κ1) is 14.2. The maximum Gasteiger partial charge on any atom is 0.407 e. The van der Waals surface area contributed by atoms with Crippen molar-refractivity contribution in [3.63, 3.8) is 0 Å². The molecule has 5 nitrogen and oxygen atoms in total. The Morgan fingerprint density at radius 2 is 2.07 bits per heavy atom. The Balaban J connectivity index is 3.64. The first-order valence-electron chi connectivity index (χ1n) is 5.08. The summed E-state index contributed by atoms with van der Waals surface area (Å²) < 4.78 is 10.1. The van der Waals surface area contributed by atoms with Crippen LogP contribution in [0.1, 0.15) is 27.2 Å². The zero-order valence-corrected chi connectivity index (χ0v) is 10.0. The summed E-state index contributed by atoms with van der Waals surface area (Å²) in [4.78, 5) is 11.2. The lowest BCUT2D eigenvalue weighted by Gasteiger charge is -2.20. The van der Waals surface area contributed by atoms with E-state index in [2.05, 4.69) is 5.32 Å². The summed E-state index contributed by atoms with van der Waals surface area (Å²) in [6.07, 6.45) is 0.265. The Bertz CT molecular complexity index is 186. The Labute approximate surface area is 91.3 Å². The van der Waals surface area contributed by atoms with Crippen molar-refractivity contribution in [1.29, 1.82) is 0 Å². The van der Waals surface area contributed by atoms with E-state index in [0.717, 1.165) is 0 Å². The van der Waals surface area contributed by atoms with Gasteiger partial charge in [0.1, 0.15) is 5.60 Å². The second kappa shape index (κ2) is 6.63.